The number of hydrogen-bond donors (Lipinski definition) is 1. The van der Waals surface area contributed by atoms with Crippen LogP contribution in [0.1, 0.15) is 25.6 Å². The maximum absolute atomic E-state index is 11.4. The number of carbonyl (C=O) groups is 1. The molecule has 14 heavy (non-hydrogen) atoms. The van der Waals surface area contributed by atoms with E-state index in [2.05, 4.69) is 10.1 Å². The Balaban J connectivity index is 2.89. The summed E-state index contributed by atoms with van der Waals surface area (Å²) >= 11 is 0. The highest BCUT2D eigenvalue weighted by atomic mass is 16.5. The Kier molecular flexibility index (Phi) is 2.85. The number of ether oxygens (including phenoxy) is 1. The summed E-state index contributed by atoms with van der Waals surface area (Å²) < 4.78 is 9.51. The van der Waals surface area contributed by atoms with Gasteiger partial charge in [-0.3, -0.25) is 0 Å². The third-order valence-corrected chi connectivity index (χ3v) is 1.69. The standard InChI is InChI=1S/C8H13N3O3/c1-4-13-7(12)8(3,9)6-10-5(2)14-11-6/h4,9H2,1-3H3/t8-/m1/s1. The first-order valence-corrected chi connectivity index (χ1v) is 4.25. The van der Waals surface area contributed by atoms with Crippen molar-refractivity contribution in [2.24, 2.45) is 5.73 Å². The summed E-state index contributed by atoms with van der Waals surface area (Å²) in [5.41, 5.74) is 4.37. The van der Waals surface area contributed by atoms with Gasteiger partial charge in [-0.05, 0) is 13.8 Å². The average Bonchev–Trinajstić information content (AvgIpc) is 2.52. The van der Waals surface area contributed by atoms with Crippen LogP contribution in [-0.2, 0) is 15.1 Å². The van der Waals surface area contributed by atoms with Crippen LogP contribution in [0.15, 0.2) is 4.52 Å². The maximum atomic E-state index is 11.4. The zero-order valence-electron chi connectivity index (χ0n) is 8.40. The van der Waals surface area contributed by atoms with E-state index in [1.165, 1.54) is 6.92 Å². The van der Waals surface area contributed by atoms with Gasteiger partial charge in [-0.2, -0.15) is 4.98 Å². The average molecular weight is 199 g/mol. The van der Waals surface area contributed by atoms with Crippen LogP contribution in [0.25, 0.3) is 0 Å². The highest BCUT2D eigenvalue weighted by molar-refractivity contribution is 5.80. The lowest BCUT2D eigenvalue weighted by atomic mass is 10.0. The Morgan fingerprint density at radius 2 is 2.36 bits per heavy atom. The number of aryl methyl sites for hydroxylation is 1. The van der Waals surface area contributed by atoms with E-state index in [9.17, 15) is 4.79 Å². The van der Waals surface area contributed by atoms with Gasteiger partial charge >= 0.3 is 5.97 Å². The Morgan fingerprint density at radius 3 is 2.79 bits per heavy atom. The molecule has 1 atom stereocenters. The number of rotatable bonds is 3. The van der Waals surface area contributed by atoms with Gasteiger partial charge in [0.05, 0.1) is 6.61 Å². The molecular weight excluding hydrogens is 186 g/mol. The minimum Gasteiger partial charge on any atom is -0.464 e. The Morgan fingerprint density at radius 1 is 1.71 bits per heavy atom. The quantitative estimate of drug-likeness (QED) is 0.695. The van der Waals surface area contributed by atoms with Gasteiger partial charge in [0.2, 0.25) is 11.7 Å². The highest BCUT2D eigenvalue weighted by Crippen LogP contribution is 2.15. The molecule has 0 unspecified atom stereocenters. The van der Waals surface area contributed by atoms with E-state index in [0.717, 1.165) is 0 Å². The van der Waals surface area contributed by atoms with E-state index in [1.807, 2.05) is 0 Å². The lowest BCUT2D eigenvalue weighted by Crippen LogP contribution is -2.44. The minimum atomic E-state index is -1.35. The second-order valence-corrected chi connectivity index (χ2v) is 3.06. The summed E-state index contributed by atoms with van der Waals surface area (Å²) in [6.45, 7) is 5.07. The van der Waals surface area contributed by atoms with E-state index < -0.39 is 11.5 Å². The van der Waals surface area contributed by atoms with E-state index >= 15 is 0 Å². The molecule has 0 aliphatic rings. The summed E-state index contributed by atoms with van der Waals surface area (Å²) in [7, 11) is 0. The summed E-state index contributed by atoms with van der Waals surface area (Å²) in [5.74, 6) is -0.0739. The Hall–Kier alpha value is -1.43. The van der Waals surface area contributed by atoms with E-state index in [0.29, 0.717) is 5.89 Å². The van der Waals surface area contributed by atoms with Crippen LogP contribution in [0.2, 0.25) is 0 Å². The molecule has 78 valence electrons. The van der Waals surface area contributed by atoms with Crippen molar-refractivity contribution in [3.05, 3.63) is 11.7 Å². The fraction of sp³-hybridized carbons (Fsp3) is 0.625. The number of nitrogens with zero attached hydrogens (tertiary/aromatic N) is 2. The van der Waals surface area contributed by atoms with Crippen molar-refractivity contribution >= 4 is 5.97 Å². The van der Waals surface area contributed by atoms with Gasteiger partial charge in [0.1, 0.15) is 0 Å². The molecule has 1 heterocycles. The third-order valence-electron chi connectivity index (χ3n) is 1.69. The lowest BCUT2D eigenvalue weighted by molar-refractivity contribution is -0.149. The molecule has 0 saturated heterocycles. The molecule has 0 aromatic carbocycles. The lowest BCUT2D eigenvalue weighted by Gasteiger charge is -2.17. The van der Waals surface area contributed by atoms with Crippen molar-refractivity contribution in [1.29, 1.82) is 0 Å². The molecule has 6 nitrogen and oxygen atoms in total. The van der Waals surface area contributed by atoms with E-state index in [-0.39, 0.29) is 12.4 Å². The van der Waals surface area contributed by atoms with Crippen LogP contribution in [-0.4, -0.2) is 22.7 Å². The van der Waals surface area contributed by atoms with Gasteiger partial charge in [-0.1, -0.05) is 5.16 Å². The molecule has 0 aliphatic carbocycles. The van der Waals surface area contributed by atoms with Crippen molar-refractivity contribution < 1.29 is 14.1 Å². The summed E-state index contributed by atoms with van der Waals surface area (Å²) in [5, 5.41) is 3.58. The molecule has 0 saturated carbocycles. The van der Waals surface area contributed by atoms with Crippen LogP contribution in [0.4, 0.5) is 0 Å². The van der Waals surface area contributed by atoms with Crippen LogP contribution in [0.5, 0.6) is 0 Å². The molecule has 0 fully saturated rings. The van der Waals surface area contributed by atoms with Crippen molar-refractivity contribution in [1.82, 2.24) is 10.1 Å². The van der Waals surface area contributed by atoms with Gasteiger partial charge in [0.15, 0.2) is 5.54 Å². The van der Waals surface area contributed by atoms with Crippen LogP contribution in [0, 0.1) is 6.92 Å². The monoisotopic (exact) mass is 199 g/mol. The largest absolute Gasteiger partial charge is 0.464 e. The Labute approximate surface area is 81.4 Å². The van der Waals surface area contributed by atoms with Crippen molar-refractivity contribution in [2.75, 3.05) is 6.61 Å². The first-order valence-electron chi connectivity index (χ1n) is 4.25. The zero-order chi connectivity index (χ0) is 10.8. The number of carbonyl (C=O) groups excluding carboxylic acids is 1. The molecular formula is C8H13N3O3. The first kappa shape index (κ1) is 10.6. The Bertz CT molecular complexity index is 332. The van der Waals surface area contributed by atoms with Crippen LogP contribution >= 0.6 is 0 Å². The van der Waals surface area contributed by atoms with Gasteiger partial charge < -0.3 is 15.0 Å². The molecule has 1 aromatic heterocycles. The summed E-state index contributed by atoms with van der Waals surface area (Å²) in [6, 6.07) is 0. The first-order chi connectivity index (χ1) is 6.48. The number of esters is 1. The van der Waals surface area contributed by atoms with Crippen LogP contribution < -0.4 is 5.73 Å². The zero-order valence-corrected chi connectivity index (χ0v) is 8.40. The molecule has 1 aromatic rings. The maximum Gasteiger partial charge on any atom is 0.333 e. The molecule has 0 radical (unpaired) electrons. The normalized spacial score (nSPS) is 14.9. The summed E-state index contributed by atoms with van der Waals surface area (Å²) in [6.07, 6.45) is 0. The molecule has 0 spiro atoms. The molecule has 0 bridgehead atoms. The molecule has 6 heteroatoms. The number of nitrogens with two attached hydrogens (primary N) is 1. The second kappa shape index (κ2) is 3.75. The second-order valence-electron chi connectivity index (χ2n) is 3.06. The molecule has 0 amide bonds. The molecule has 1 rings (SSSR count). The molecule has 2 N–H and O–H groups in total. The predicted octanol–water partition coefficient (Wildman–Crippen LogP) is 0.115. The summed E-state index contributed by atoms with van der Waals surface area (Å²) in [4.78, 5) is 15.3. The smallest absolute Gasteiger partial charge is 0.333 e. The SMILES string of the molecule is CCOC(=O)[C@](C)(N)c1noc(C)n1. The van der Waals surface area contributed by atoms with E-state index in [1.54, 1.807) is 13.8 Å². The van der Waals surface area contributed by atoms with Gasteiger partial charge in [0, 0.05) is 6.92 Å². The van der Waals surface area contributed by atoms with Gasteiger partial charge in [-0.25, -0.2) is 4.79 Å². The van der Waals surface area contributed by atoms with Gasteiger partial charge in [-0.15, -0.1) is 0 Å². The van der Waals surface area contributed by atoms with Crippen LogP contribution in [0.3, 0.4) is 0 Å². The fourth-order valence-electron chi connectivity index (χ4n) is 0.882. The van der Waals surface area contributed by atoms with Gasteiger partial charge in [0.25, 0.3) is 0 Å². The van der Waals surface area contributed by atoms with Crippen molar-refractivity contribution in [3.63, 3.8) is 0 Å². The number of hydrogen-bond acceptors (Lipinski definition) is 6. The molecule has 0 aliphatic heterocycles. The van der Waals surface area contributed by atoms with Crippen molar-refractivity contribution in [3.8, 4) is 0 Å². The highest BCUT2D eigenvalue weighted by Gasteiger charge is 2.37. The van der Waals surface area contributed by atoms with E-state index in [4.69, 9.17) is 15.0 Å². The minimum absolute atomic E-state index is 0.133. The fourth-order valence-corrected chi connectivity index (χ4v) is 0.882. The third kappa shape index (κ3) is 1.90. The topological polar surface area (TPSA) is 91.2 Å². The number of aromatic nitrogens is 2. The predicted molar refractivity (Wildman–Crippen MR) is 47.2 cm³/mol. The van der Waals surface area contributed by atoms with Crippen molar-refractivity contribution in [2.45, 2.75) is 26.3 Å².